The van der Waals surface area contributed by atoms with Crippen molar-refractivity contribution in [2.75, 3.05) is 63.6 Å². The normalized spacial score (nSPS) is 18.1. The molecule has 42 heavy (non-hydrogen) atoms. The minimum Gasteiger partial charge on any atom is -0.481 e. The number of aromatic nitrogens is 1. The number of ether oxygens (including phenoxy) is 1. The van der Waals surface area contributed by atoms with Crippen molar-refractivity contribution >= 4 is 17.3 Å². The molecule has 3 heterocycles. The molecular weight excluding hydrogens is 536 g/mol. The second-order valence-electron chi connectivity index (χ2n) is 11.8. The third-order valence-corrected chi connectivity index (χ3v) is 8.65. The summed E-state index contributed by atoms with van der Waals surface area (Å²) in [6.45, 7) is 9.93. The number of likely N-dealkylation sites (tertiary alicyclic amines) is 1. The summed E-state index contributed by atoms with van der Waals surface area (Å²) in [5.74, 6) is 0.790. The summed E-state index contributed by atoms with van der Waals surface area (Å²) < 4.78 is 34.2. The van der Waals surface area contributed by atoms with E-state index in [-0.39, 0.29) is 22.8 Å². The van der Waals surface area contributed by atoms with Crippen LogP contribution in [0.2, 0.25) is 0 Å². The molecule has 2 aliphatic rings. The van der Waals surface area contributed by atoms with Crippen molar-refractivity contribution in [3.8, 4) is 17.0 Å². The minimum atomic E-state index is -0.833. The zero-order valence-electron chi connectivity index (χ0n) is 25.0. The Bertz CT molecular complexity index is 1410. The van der Waals surface area contributed by atoms with Gasteiger partial charge in [0.2, 0.25) is 5.88 Å². The number of halogens is 2. The SMILES string of the molecule is COc1cc(CF)c(C(=O)Nc2cc(-c3cc(CN4CC[C@@H](C(C)C)C4)ccc3F)ccc2N2CCN(C)CC2)cn1. The number of benzene rings is 2. The number of hydrogen-bond acceptors (Lipinski definition) is 6. The molecule has 2 aromatic carbocycles. The molecular formula is C33H41F2N5O2. The van der Waals surface area contributed by atoms with E-state index in [2.05, 4.69) is 45.9 Å². The van der Waals surface area contributed by atoms with Gasteiger partial charge in [-0.25, -0.2) is 13.8 Å². The Morgan fingerprint density at radius 1 is 1.10 bits per heavy atom. The first-order valence-electron chi connectivity index (χ1n) is 14.7. The van der Waals surface area contributed by atoms with Gasteiger partial charge in [0.05, 0.1) is 24.0 Å². The van der Waals surface area contributed by atoms with Gasteiger partial charge in [-0.15, -0.1) is 0 Å². The van der Waals surface area contributed by atoms with Gasteiger partial charge in [0.1, 0.15) is 12.5 Å². The van der Waals surface area contributed by atoms with Crippen LogP contribution in [0.25, 0.3) is 11.1 Å². The van der Waals surface area contributed by atoms with E-state index in [9.17, 15) is 9.18 Å². The summed E-state index contributed by atoms with van der Waals surface area (Å²) in [6, 6.07) is 12.4. The molecule has 1 atom stereocenters. The highest BCUT2D eigenvalue weighted by atomic mass is 19.1. The lowest BCUT2D eigenvalue weighted by molar-refractivity contribution is 0.102. The fourth-order valence-corrected chi connectivity index (χ4v) is 5.92. The van der Waals surface area contributed by atoms with E-state index in [1.165, 1.54) is 31.9 Å². The Balaban J connectivity index is 1.46. The summed E-state index contributed by atoms with van der Waals surface area (Å²) >= 11 is 0. The quantitative estimate of drug-likeness (QED) is 0.345. The van der Waals surface area contributed by atoms with Crippen molar-refractivity contribution in [2.24, 2.45) is 11.8 Å². The van der Waals surface area contributed by atoms with E-state index < -0.39 is 12.6 Å². The summed E-state index contributed by atoms with van der Waals surface area (Å²) in [4.78, 5) is 24.5. The van der Waals surface area contributed by atoms with Gasteiger partial charge in [0.15, 0.2) is 0 Å². The van der Waals surface area contributed by atoms with Crippen molar-refractivity contribution < 1.29 is 18.3 Å². The predicted octanol–water partition coefficient (Wildman–Crippen LogP) is 5.85. The van der Waals surface area contributed by atoms with E-state index in [4.69, 9.17) is 4.74 Å². The monoisotopic (exact) mass is 577 g/mol. The molecule has 5 rings (SSSR count). The molecule has 1 aromatic heterocycles. The van der Waals surface area contributed by atoms with E-state index in [1.54, 1.807) is 0 Å². The first-order chi connectivity index (χ1) is 20.2. The highest BCUT2D eigenvalue weighted by Gasteiger charge is 2.25. The number of amides is 1. The van der Waals surface area contributed by atoms with Crippen LogP contribution in [-0.4, -0.2) is 74.1 Å². The van der Waals surface area contributed by atoms with E-state index >= 15 is 4.39 Å². The maximum atomic E-state index is 15.3. The number of nitrogens with one attached hydrogen (secondary N) is 1. The smallest absolute Gasteiger partial charge is 0.257 e. The van der Waals surface area contributed by atoms with Gasteiger partial charge in [-0.2, -0.15) is 0 Å². The van der Waals surface area contributed by atoms with Crippen molar-refractivity contribution in [3.63, 3.8) is 0 Å². The molecule has 1 amide bonds. The number of carbonyl (C=O) groups excluding carboxylic acids is 1. The molecule has 1 N–H and O–H groups in total. The van der Waals surface area contributed by atoms with Crippen LogP contribution in [0.15, 0.2) is 48.7 Å². The number of anilines is 2. The highest BCUT2D eigenvalue weighted by Crippen LogP contribution is 2.35. The molecule has 0 saturated carbocycles. The molecule has 3 aromatic rings. The first kappa shape index (κ1) is 29.9. The van der Waals surface area contributed by atoms with Gasteiger partial charge in [0.25, 0.3) is 5.91 Å². The van der Waals surface area contributed by atoms with Crippen molar-refractivity contribution in [1.82, 2.24) is 14.8 Å². The molecule has 9 heteroatoms. The molecule has 0 unspecified atom stereocenters. The number of pyridine rings is 1. The fourth-order valence-electron chi connectivity index (χ4n) is 5.92. The first-order valence-corrected chi connectivity index (χ1v) is 14.7. The Hall–Kier alpha value is -3.56. The van der Waals surface area contributed by atoms with Crippen LogP contribution >= 0.6 is 0 Å². The number of rotatable bonds is 9. The van der Waals surface area contributed by atoms with Crippen LogP contribution in [0.1, 0.15) is 41.8 Å². The van der Waals surface area contributed by atoms with Gasteiger partial charge in [-0.3, -0.25) is 9.69 Å². The number of hydrogen-bond donors (Lipinski definition) is 1. The Morgan fingerprint density at radius 2 is 1.88 bits per heavy atom. The highest BCUT2D eigenvalue weighted by molar-refractivity contribution is 6.07. The predicted molar refractivity (Wildman–Crippen MR) is 163 cm³/mol. The molecule has 2 fully saturated rings. The van der Waals surface area contributed by atoms with Crippen LogP contribution in [0.5, 0.6) is 5.88 Å². The molecule has 0 aliphatic carbocycles. The maximum absolute atomic E-state index is 15.3. The number of carbonyl (C=O) groups is 1. The Kier molecular flexibility index (Phi) is 9.38. The van der Waals surface area contributed by atoms with Crippen molar-refractivity contribution in [3.05, 3.63) is 71.2 Å². The maximum Gasteiger partial charge on any atom is 0.257 e. The van der Waals surface area contributed by atoms with Crippen molar-refractivity contribution in [2.45, 2.75) is 33.5 Å². The molecule has 0 spiro atoms. The number of nitrogens with zero attached hydrogens (tertiary/aromatic N) is 4. The molecule has 0 radical (unpaired) electrons. The zero-order valence-corrected chi connectivity index (χ0v) is 25.0. The van der Waals surface area contributed by atoms with E-state index in [0.29, 0.717) is 28.7 Å². The van der Waals surface area contributed by atoms with Crippen molar-refractivity contribution in [1.29, 1.82) is 0 Å². The lowest BCUT2D eigenvalue weighted by Gasteiger charge is -2.35. The standard InChI is InChI=1S/C33H41F2N5O2/c1-22(2)25-9-10-39(21-25)20-23-5-7-29(35)27(15-23)24-6-8-31(40-13-11-38(3)12-14-40)30(16-24)37-33(41)28-19-36-32(42-4)17-26(28)18-34/h5-8,15-17,19,22,25H,9-14,18,20-21H2,1-4H3,(H,37,41)/t25-/m1/s1. The number of piperazine rings is 1. The third kappa shape index (κ3) is 6.73. The Morgan fingerprint density at radius 3 is 2.57 bits per heavy atom. The summed E-state index contributed by atoms with van der Waals surface area (Å²) in [5, 5.41) is 2.99. The largest absolute Gasteiger partial charge is 0.481 e. The third-order valence-electron chi connectivity index (χ3n) is 8.65. The van der Waals surface area contributed by atoms with Gasteiger partial charge in [-0.1, -0.05) is 26.0 Å². The van der Waals surface area contributed by atoms with Crippen LogP contribution in [-0.2, 0) is 13.2 Å². The molecule has 0 bridgehead atoms. The average molecular weight is 578 g/mol. The summed E-state index contributed by atoms with van der Waals surface area (Å²) in [5.41, 5.74) is 3.93. The lowest BCUT2D eigenvalue weighted by atomic mass is 9.95. The summed E-state index contributed by atoms with van der Waals surface area (Å²) in [6.07, 6.45) is 2.52. The zero-order chi connectivity index (χ0) is 29.8. The topological polar surface area (TPSA) is 60.9 Å². The number of alkyl halides is 1. The summed E-state index contributed by atoms with van der Waals surface area (Å²) in [7, 11) is 3.53. The van der Waals surface area contributed by atoms with E-state index in [0.717, 1.165) is 57.1 Å². The molecule has 224 valence electrons. The van der Waals surface area contributed by atoms with Crippen LogP contribution in [0.3, 0.4) is 0 Å². The van der Waals surface area contributed by atoms with Gasteiger partial charge >= 0.3 is 0 Å². The average Bonchev–Trinajstić information content (AvgIpc) is 3.47. The Labute approximate surface area is 247 Å². The second-order valence-corrected chi connectivity index (χ2v) is 11.8. The van der Waals surface area contributed by atoms with Gasteiger partial charge < -0.3 is 19.9 Å². The van der Waals surface area contributed by atoms with Crippen LogP contribution in [0, 0.1) is 17.7 Å². The lowest BCUT2D eigenvalue weighted by Crippen LogP contribution is -2.44. The number of likely N-dealkylation sites (N-methyl/N-ethyl adjacent to an activating group) is 1. The van der Waals surface area contributed by atoms with Gasteiger partial charge in [0, 0.05) is 62.7 Å². The minimum absolute atomic E-state index is 0.131. The fraction of sp³-hybridized carbons (Fsp3) is 0.455. The van der Waals surface area contributed by atoms with Crippen LogP contribution in [0.4, 0.5) is 20.2 Å². The molecule has 2 aliphatic heterocycles. The molecule has 7 nitrogen and oxygen atoms in total. The molecule has 2 saturated heterocycles. The van der Waals surface area contributed by atoms with Gasteiger partial charge in [-0.05, 0) is 67.2 Å². The number of methoxy groups -OCH3 is 1. The van der Waals surface area contributed by atoms with E-state index in [1.807, 2.05) is 30.3 Å². The van der Waals surface area contributed by atoms with Crippen LogP contribution < -0.4 is 15.0 Å². The second kappa shape index (κ2) is 13.2.